The number of ether oxygens (including phenoxy) is 2. The Morgan fingerprint density at radius 2 is 2.07 bits per heavy atom. The Morgan fingerprint density at radius 3 is 2.50 bits per heavy atom. The van der Waals surface area contributed by atoms with Crippen molar-refractivity contribution in [2.75, 3.05) is 7.11 Å². The number of benzene rings is 1. The number of methoxy groups -OCH3 is 1. The molecule has 1 unspecified atom stereocenters. The molecule has 0 amide bonds. The van der Waals surface area contributed by atoms with E-state index < -0.39 is 0 Å². The number of hydrogen-bond acceptors (Lipinski definition) is 2. The minimum atomic E-state index is -0.0712. The van der Waals surface area contributed by atoms with Crippen LogP contribution in [0.5, 0.6) is 5.75 Å². The van der Waals surface area contributed by atoms with Crippen molar-refractivity contribution in [3.05, 3.63) is 28.8 Å². The molecule has 0 spiro atoms. The first-order valence-electron chi connectivity index (χ1n) is 4.56. The van der Waals surface area contributed by atoms with E-state index in [0.717, 1.165) is 11.3 Å². The summed E-state index contributed by atoms with van der Waals surface area (Å²) in [5.41, 5.74) is 0.968. The van der Waals surface area contributed by atoms with E-state index in [1.165, 1.54) is 0 Å². The molecule has 1 fully saturated rings. The maximum Gasteiger partial charge on any atom is 0.120 e. The Morgan fingerprint density at radius 1 is 1.43 bits per heavy atom. The molecule has 0 aliphatic carbocycles. The second kappa shape index (κ2) is 3.14. The summed E-state index contributed by atoms with van der Waals surface area (Å²) in [6, 6.07) is 5.67. The molecule has 1 heterocycles. The lowest BCUT2D eigenvalue weighted by molar-refractivity contribution is 0.325. The van der Waals surface area contributed by atoms with Crippen LogP contribution in [0.2, 0.25) is 5.02 Å². The maximum absolute atomic E-state index is 6.11. The van der Waals surface area contributed by atoms with Gasteiger partial charge in [0.2, 0.25) is 0 Å². The predicted octanol–water partition coefficient (Wildman–Crippen LogP) is 3.20. The number of hydrogen-bond donors (Lipinski definition) is 0. The van der Waals surface area contributed by atoms with Crippen LogP contribution in [0.15, 0.2) is 18.2 Å². The summed E-state index contributed by atoms with van der Waals surface area (Å²) in [6.45, 7) is 4.11. The number of rotatable bonds is 2. The van der Waals surface area contributed by atoms with Gasteiger partial charge in [-0.3, -0.25) is 0 Å². The zero-order chi connectivity index (χ0) is 10.3. The van der Waals surface area contributed by atoms with E-state index in [4.69, 9.17) is 21.1 Å². The zero-order valence-electron chi connectivity index (χ0n) is 8.50. The Balaban J connectivity index is 2.28. The quantitative estimate of drug-likeness (QED) is 0.703. The van der Waals surface area contributed by atoms with Crippen molar-refractivity contribution >= 4 is 11.6 Å². The summed E-state index contributed by atoms with van der Waals surface area (Å²) in [6.07, 6.45) is 0.126. The maximum atomic E-state index is 6.11. The predicted molar refractivity (Wildman–Crippen MR) is 55.9 cm³/mol. The van der Waals surface area contributed by atoms with Crippen LogP contribution in [-0.4, -0.2) is 12.7 Å². The summed E-state index contributed by atoms with van der Waals surface area (Å²) in [5.74, 6) is 0.775. The highest BCUT2D eigenvalue weighted by molar-refractivity contribution is 6.31. The van der Waals surface area contributed by atoms with E-state index >= 15 is 0 Å². The lowest BCUT2D eigenvalue weighted by Gasteiger charge is -2.04. The van der Waals surface area contributed by atoms with Crippen LogP contribution in [0.1, 0.15) is 25.5 Å². The largest absolute Gasteiger partial charge is 0.497 e. The van der Waals surface area contributed by atoms with Gasteiger partial charge < -0.3 is 9.47 Å². The van der Waals surface area contributed by atoms with E-state index in [1.54, 1.807) is 7.11 Å². The fraction of sp³-hybridized carbons (Fsp3) is 0.455. The highest BCUT2D eigenvalue weighted by Gasteiger charge is 2.49. The third-order valence-corrected chi connectivity index (χ3v) is 2.81. The van der Waals surface area contributed by atoms with Gasteiger partial charge in [0, 0.05) is 5.56 Å². The van der Waals surface area contributed by atoms with Crippen LogP contribution in [0.3, 0.4) is 0 Å². The van der Waals surface area contributed by atoms with Gasteiger partial charge in [-0.1, -0.05) is 17.7 Å². The molecule has 76 valence electrons. The molecule has 0 aromatic heterocycles. The van der Waals surface area contributed by atoms with Crippen LogP contribution in [0, 0.1) is 0 Å². The Hall–Kier alpha value is -0.730. The van der Waals surface area contributed by atoms with Crippen LogP contribution >= 0.6 is 11.6 Å². The van der Waals surface area contributed by atoms with Crippen molar-refractivity contribution in [1.29, 1.82) is 0 Å². The van der Waals surface area contributed by atoms with E-state index in [0.29, 0.717) is 5.02 Å². The highest BCUT2D eigenvalue weighted by atomic mass is 35.5. The third-order valence-electron chi connectivity index (χ3n) is 2.49. The molecule has 0 bridgehead atoms. The fourth-order valence-electron chi connectivity index (χ4n) is 1.56. The first-order valence-corrected chi connectivity index (χ1v) is 4.93. The lowest BCUT2D eigenvalue weighted by atomic mass is 10.0. The van der Waals surface area contributed by atoms with E-state index in [9.17, 15) is 0 Å². The third kappa shape index (κ3) is 1.60. The Bertz CT molecular complexity index is 360. The topological polar surface area (TPSA) is 21.8 Å². The molecule has 0 N–H and O–H groups in total. The van der Waals surface area contributed by atoms with Gasteiger partial charge >= 0.3 is 0 Å². The molecule has 0 saturated carbocycles. The van der Waals surface area contributed by atoms with Crippen LogP contribution in [0.25, 0.3) is 0 Å². The lowest BCUT2D eigenvalue weighted by Crippen LogP contribution is -1.98. The summed E-state index contributed by atoms with van der Waals surface area (Å²) < 4.78 is 10.6. The van der Waals surface area contributed by atoms with Crippen molar-refractivity contribution in [2.45, 2.75) is 25.6 Å². The standard InChI is InChI=1S/C11H13ClO2/c1-11(2)10(14-11)8-5-4-7(13-3)6-9(8)12/h4-6,10H,1-3H3. The van der Waals surface area contributed by atoms with Gasteiger partial charge in [0.15, 0.2) is 0 Å². The first-order chi connectivity index (χ1) is 6.54. The number of epoxide rings is 1. The molecule has 1 atom stereocenters. The van der Waals surface area contributed by atoms with Gasteiger partial charge in [0.05, 0.1) is 17.7 Å². The normalized spacial score (nSPS) is 23.3. The molecule has 1 aliphatic rings. The first kappa shape index (κ1) is 9.81. The van der Waals surface area contributed by atoms with Gasteiger partial charge in [-0.2, -0.15) is 0 Å². The molecular weight excluding hydrogens is 200 g/mol. The molecular formula is C11H13ClO2. The van der Waals surface area contributed by atoms with Gasteiger partial charge in [0.25, 0.3) is 0 Å². The van der Waals surface area contributed by atoms with Crippen molar-refractivity contribution < 1.29 is 9.47 Å². The van der Waals surface area contributed by atoms with Crippen LogP contribution in [0.4, 0.5) is 0 Å². The Labute approximate surface area is 88.8 Å². The van der Waals surface area contributed by atoms with Crippen LogP contribution < -0.4 is 4.74 Å². The fourth-order valence-corrected chi connectivity index (χ4v) is 1.82. The molecule has 3 heteroatoms. The molecule has 1 aromatic rings. The summed E-state index contributed by atoms with van der Waals surface area (Å²) >= 11 is 6.11. The summed E-state index contributed by atoms with van der Waals surface area (Å²) in [7, 11) is 1.63. The average Bonchev–Trinajstić information content (AvgIpc) is 2.74. The minimum absolute atomic E-state index is 0.0712. The smallest absolute Gasteiger partial charge is 0.120 e. The van der Waals surface area contributed by atoms with Gasteiger partial charge in [0.1, 0.15) is 11.9 Å². The van der Waals surface area contributed by atoms with Gasteiger partial charge in [-0.25, -0.2) is 0 Å². The van der Waals surface area contributed by atoms with Crippen molar-refractivity contribution in [3.63, 3.8) is 0 Å². The molecule has 0 radical (unpaired) electrons. The van der Waals surface area contributed by atoms with E-state index in [1.807, 2.05) is 18.2 Å². The molecule has 1 saturated heterocycles. The molecule has 2 rings (SSSR count). The van der Waals surface area contributed by atoms with Crippen molar-refractivity contribution in [1.82, 2.24) is 0 Å². The van der Waals surface area contributed by atoms with Crippen LogP contribution in [-0.2, 0) is 4.74 Å². The Kier molecular flexibility index (Phi) is 2.20. The minimum Gasteiger partial charge on any atom is -0.497 e. The second-order valence-corrected chi connectivity index (χ2v) is 4.40. The van der Waals surface area contributed by atoms with Crippen molar-refractivity contribution in [2.24, 2.45) is 0 Å². The second-order valence-electron chi connectivity index (χ2n) is 3.99. The summed E-state index contributed by atoms with van der Waals surface area (Å²) in [5, 5.41) is 0.708. The average molecular weight is 213 g/mol. The van der Waals surface area contributed by atoms with Crippen molar-refractivity contribution in [3.8, 4) is 5.75 Å². The van der Waals surface area contributed by atoms with E-state index in [2.05, 4.69) is 13.8 Å². The molecule has 1 aliphatic heterocycles. The van der Waals surface area contributed by atoms with Gasteiger partial charge in [-0.05, 0) is 26.0 Å². The molecule has 14 heavy (non-hydrogen) atoms. The highest BCUT2D eigenvalue weighted by Crippen LogP contribution is 2.51. The zero-order valence-corrected chi connectivity index (χ0v) is 9.26. The molecule has 1 aromatic carbocycles. The molecule has 2 nitrogen and oxygen atoms in total. The summed E-state index contributed by atoms with van der Waals surface area (Å²) in [4.78, 5) is 0. The van der Waals surface area contributed by atoms with Gasteiger partial charge in [-0.15, -0.1) is 0 Å². The SMILES string of the molecule is COc1ccc(C2OC2(C)C)c(Cl)c1. The monoisotopic (exact) mass is 212 g/mol. The number of halogens is 1. The van der Waals surface area contributed by atoms with E-state index in [-0.39, 0.29) is 11.7 Å².